The van der Waals surface area contributed by atoms with Crippen LogP contribution in [0.25, 0.3) is 0 Å². The SMILES string of the molecule is CC(CCN(C)C1CCOCC1)N1CCNCC1. The highest BCUT2D eigenvalue weighted by Gasteiger charge is 2.20. The van der Waals surface area contributed by atoms with Crippen molar-refractivity contribution in [1.29, 1.82) is 0 Å². The van der Waals surface area contributed by atoms with Crippen molar-refractivity contribution < 1.29 is 4.74 Å². The van der Waals surface area contributed by atoms with E-state index in [4.69, 9.17) is 4.74 Å². The summed E-state index contributed by atoms with van der Waals surface area (Å²) in [5, 5.41) is 3.42. The lowest BCUT2D eigenvalue weighted by molar-refractivity contribution is 0.0398. The van der Waals surface area contributed by atoms with Crippen LogP contribution in [-0.2, 0) is 4.74 Å². The summed E-state index contributed by atoms with van der Waals surface area (Å²) >= 11 is 0. The molecular formula is C14H29N3O. The van der Waals surface area contributed by atoms with E-state index < -0.39 is 0 Å². The third-order valence-corrected chi connectivity index (χ3v) is 4.49. The van der Waals surface area contributed by atoms with Gasteiger partial charge < -0.3 is 15.0 Å². The standard InChI is InChI=1S/C14H29N3O/c1-13(17-9-6-15-7-10-17)3-8-16(2)14-4-11-18-12-5-14/h13-15H,3-12H2,1-2H3. The summed E-state index contributed by atoms with van der Waals surface area (Å²) in [5.74, 6) is 0. The van der Waals surface area contributed by atoms with Crippen LogP contribution in [-0.4, -0.2) is 74.9 Å². The Hall–Kier alpha value is -0.160. The molecule has 0 aliphatic carbocycles. The van der Waals surface area contributed by atoms with E-state index in [1.54, 1.807) is 0 Å². The number of nitrogens with zero attached hydrogens (tertiary/aromatic N) is 2. The number of nitrogens with one attached hydrogen (secondary N) is 1. The van der Waals surface area contributed by atoms with Gasteiger partial charge in [-0.15, -0.1) is 0 Å². The fourth-order valence-electron chi connectivity index (χ4n) is 3.00. The van der Waals surface area contributed by atoms with Gasteiger partial charge >= 0.3 is 0 Å². The van der Waals surface area contributed by atoms with Crippen LogP contribution >= 0.6 is 0 Å². The molecule has 2 aliphatic rings. The summed E-state index contributed by atoms with van der Waals surface area (Å²) in [5.41, 5.74) is 0. The van der Waals surface area contributed by atoms with Gasteiger partial charge in [0.2, 0.25) is 0 Å². The van der Waals surface area contributed by atoms with Gasteiger partial charge in [-0.25, -0.2) is 0 Å². The van der Waals surface area contributed by atoms with Crippen molar-refractivity contribution in [3.63, 3.8) is 0 Å². The molecule has 0 aromatic heterocycles. The van der Waals surface area contributed by atoms with Gasteiger partial charge in [0.05, 0.1) is 0 Å². The first-order valence-corrected chi connectivity index (χ1v) is 7.50. The van der Waals surface area contributed by atoms with E-state index in [9.17, 15) is 0 Å². The van der Waals surface area contributed by atoms with Crippen molar-refractivity contribution in [2.45, 2.75) is 38.3 Å². The van der Waals surface area contributed by atoms with E-state index in [-0.39, 0.29) is 0 Å². The fraction of sp³-hybridized carbons (Fsp3) is 1.00. The second-order valence-electron chi connectivity index (χ2n) is 5.75. The van der Waals surface area contributed by atoms with Gasteiger partial charge in [-0.1, -0.05) is 0 Å². The van der Waals surface area contributed by atoms with Crippen LogP contribution in [0.3, 0.4) is 0 Å². The number of rotatable bonds is 5. The van der Waals surface area contributed by atoms with Crippen molar-refractivity contribution in [1.82, 2.24) is 15.1 Å². The van der Waals surface area contributed by atoms with Crippen LogP contribution in [0.4, 0.5) is 0 Å². The highest BCUT2D eigenvalue weighted by Crippen LogP contribution is 2.14. The first-order valence-electron chi connectivity index (χ1n) is 7.50. The summed E-state index contributed by atoms with van der Waals surface area (Å²) < 4.78 is 5.43. The molecule has 1 atom stereocenters. The predicted octanol–water partition coefficient (Wildman–Crippen LogP) is 0.781. The number of ether oxygens (including phenoxy) is 1. The van der Waals surface area contributed by atoms with Crippen LogP contribution in [0.2, 0.25) is 0 Å². The quantitative estimate of drug-likeness (QED) is 0.786. The maximum Gasteiger partial charge on any atom is 0.0480 e. The molecule has 2 aliphatic heterocycles. The minimum atomic E-state index is 0.717. The van der Waals surface area contributed by atoms with E-state index >= 15 is 0 Å². The molecule has 0 aromatic rings. The summed E-state index contributed by atoms with van der Waals surface area (Å²) in [6.45, 7) is 10.2. The molecule has 2 rings (SSSR count). The highest BCUT2D eigenvalue weighted by atomic mass is 16.5. The Balaban J connectivity index is 1.66. The number of hydrogen-bond acceptors (Lipinski definition) is 4. The molecule has 106 valence electrons. The monoisotopic (exact) mass is 255 g/mol. The van der Waals surface area contributed by atoms with Crippen LogP contribution < -0.4 is 5.32 Å². The predicted molar refractivity (Wildman–Crippen MR) is 75.0 cm³/mol. The van der Waals surface area contributed by atoms with Gasteiger partial charge in [0.1, 0.15) is 0 Å². The van der Waals surface area contributed by atoms with Gasteiger partial charge in [-0.3, -0.25) is 4.90 Å². The molecule has 4 heteroatoms. The first kappa shape index (κ1) is 14.3. The van der Waals surface area contributed by atoms with Crippen LogP contribution in [0.5, 0.6) is 0 Å². The second kappa shape index (κ2) is 7.43. The molecule has 2 heterocycles. The van der Waals surface area contributed by atoms with Gasteiger partial charge in [-0.2, -0.15) is 0 Å². The average Bonchev–Trinajstić information content (AvgIpc) is 2.46. The molecule has 0 aromatic carbocycles. The second-order valence-corrected chi connectivity index (χ2v) is 5.75. The van der Waals surface area contributed by atoms with Gasteiger partial charge in [0, 0.05) is 51.5 Å². The fourth-order valence-corrected chi connectivity index (χ4v) is 3.00. The average molecular weight is 255 g/mol. The molecule has 2 saturated heterocycles. The third-order valence-electron chi connectivity index (χ3n) is 4.49. The Bertz CT molecular complexity index is 201. The summed E-state index contributed by atoms with van der Waals surface area (Å²) in [4.78, 5) is 5.16. The maximum atomic E-state index is 5.43. The lowest BCUT2D eigenvalue weighted by Crippen LogP contribution is -2.48. The van der Waals surface area contributed by atoms with Gasteiger partial charge in [0.15, 0.2) is 0 Å². The van der Waals surface area contributed by atoms with E-state index in [2.05, 4.69) is 29.1 Å². The minimum absolute atomic E-state index is 0.717. The Kier molecular flexibility index (Phi) is 5.89. The van der Waals surface area contributed by atoms with Crippen molar-refractivity contribution in [3.05, 3.63) is 0 Å². The van der Waals surface area contributed by atoms with Crippen LogP contribution in [0.15, 0.2) is 0 Å². The minimum Gasteiger partial charge on any atom is -0.381 e. The summed E-state index contributed by atoms with van der Waals surface area (Å²) in [6, 6.07) is 1.46. The third kappa shape index (κ3) is 4.19. The van der Waals surface area contributed by atoms with Crippen LogP contribution in [0, 0.1) is 0 Å². The van der Waals surface area contributed by atoms with E-state index in [0.717, 1.165) is 38.4 Å². The number of hydrogen-bond donors (Lipinski definition) is 1. The molecule has 0 radical (unpaired) electrons. The normalized spacial score (nSPS) is 25.5. The first-order chi connectivity index (χ1) is 8.77. The Morgan fingerprint density at radius 2 is 1.94 bits per heavy atom. The molecule has 18 heavy (non-hydrogen) atoms. The zero-order valence-electron chi connectivity index (χ0n) is 12.0. The van der Waals surface area contributed by atoms with E-state index in [1.165, 1.54) is 38.9 Å². The zero-order valence-corrected chi connectivity index (χ0v) is 12.0. The highest BCUT2D eigenvalue weighted by molar-refractivity contribution is 4.77. The van der Waals surface area contributed by atoms with Gasteiger partial charge in [0.25, 0.3) is 0 Å². The Morgan fingerprint density at radius 1 is 1.28 bits per heavy atom. The van der Waals surface area contributed by atoms with E-state index in [1.807, 2.05) is 0 Å². The van der Waals surface area contributed by atoms with Crippen molar-refractivity contribution in [2.75, 3.05) is 53.0 Å². The van der Waals surface area contributed by atoms with E-state index in [0.29, 0.717) is 0 Å². The zero-order chi connectivity index (χ0) is 12.8. The molecule has 4 nitrogen and oxygen atoms in total. The van der Waals surface area contributed by atoms with Crippen LogP contribution in [0.1, 0.15) is 26.2 Å². The molecule has 1 N–H and O–H groups in total. The maximum absolute atomic E-state index is 5.43. The topological polar surface area (TPSA) is 27.7 Å². The number of piperazine rings is 1. The molecule has 0 spiro atoms. The largest absolute Gasteiger partial charge is 0.381 e. The lowest BCUT2D eigenvalue weighted by Gasteiger charge is -2.35. The summed E-state index contributed by atoms with van der Waals surface area (Å²) in [7, 11) is 2.28. The Morgan fingerprint density at radius 3 is 2.61 bits per heavy atom. The Labute approximate surface area is 112 Å². The molecule has 0 saturated carbocycles. The smallest absolute Gasteiger partial charge is 0.0480 e. The molecule has 0 amide bonds. The van der Waals surface area contributed by atoms with Crippen molar-refractivity contribution in [3.8, 4) is 0 Å². The van der Waals surface area contributed by atoms with Gasteiger partial charge in [-0.05, 0) is 39.8 Å². The van der Waals surface area contributed by atoms with Crippen molar-refractivity contribution in [2.24, 2.45) is 0 Å². The lowest BCUT2D eigenvalue weighted by atomic mass is 10.1. The summed E-state index contributed by atoms with van der Waals surface area (Å²) in [6.07, 6.45) is 3.70. The molecule has 2 fully saturated rings. The molecule has 1 unspecified atom stereocenters. The molecular weight excluding hydrogens is 226 g/mol. The molecule has 0 bridgehead atoms. The van der Waals surface area contributed by atoms with Crippen molar-refractivity contribution >= 4 is 0 Å².